The normalized spacial score (nSPS) is 12.6. The van der Waals surface area contributed by atoms with Gasteiger partial charge in [0.2, 0.25) is 0 Å². The molecule has 21 aromatic rings. The smallest absolute Gasteiger partial charge is 0.0541 e. The van der Waals surface area contributed by atoms with Crippen molar-refractivity contribution < 1.29 is 0 Å². The van der Waals surface area contributed by atoms with E-state index < -0.39 is 0 Å². The van der Waals surface area contributed by atoms with E-state index in [9.17, 15) is 0 Å². The molecular formula is C120H88N4. The quantitative estimate of drug-likeness (QED) is 0.102. The van der Waals surface area contributed by atoms with Gasteiger partial charge in [-0.1, -0.05) is 355 Å². The van der Waals surface area contributed by atoms with Crippen LogP contribution in [0.25, 0.3) is 155 Å². The Labute approximate surface area is 725 Å². The van der Waals surface area contributed by atoms with E-state index in [-0.39, 0.29) is 10.8 Å². The van der Waals surface area contributed by atoms with Gasteiger partial charge in [0.15, 0.2) is 0 Å². The molecule has 0 fully saturated rings. The third-order valence-electron chi connectivity index (χ3n) is 26.1. The maximum atomic E-state index is 2.41. The predicted molar refractivity (Wildman–Crippen MR) is 524 cm³/mol. The molecule has 2 aromatic heterocycles. The molecule has 4 nitrogen and oxygen atoms in total. The summed E-state index contributed by atoms with van der Waals surface area (Å²) in [4.78, 5) is 4.80. The molecular weight excluding hydrogens is 1500 g/mol. The van der Waals surface area contributed by atoms with Crippen molar-refractivity contribution in [1.82, 2.24) is 9.13 Å². The lowest BCUT2D eigenvalue weighted by Gasteiger charge is -2.28. The summed E-state index contributed by atoms with van der Waals surface area (Å²) in [5, 5.41) is 5.00. The number of hydrogen-bond donors (Lipinski definition) is 0. The summed E-state index contributed by atoms with van der Waals surface area (Å²) in [5.41, 5.74) is 41.4. The van der Waals surface area contributed by atoms with Crippen LogP contribution in [0.4, 0.5) is 34.1 Å². The molecule has 588 valence electrons. The fraction of sp³-hybridized carbons (Fsp3) is 0.0500. The number of fused-ring (bicyclic) bond motifs is 12. The van der Waals surface area contributed by atoms with E-state index in [2.05, 4.69) is 508 Å². The van der Waals surface area contributed by atoms with E-state index in [1.165, 1.54) is 166 Å². The van der Waals surface area contributed by atoms with Gasteiger partial charge in [-0.2, -0.15) is 0 Å². The Kier molecular flexibility index (Phi) is 18.6. The van der Waals surface area contributed by atoms with Crippen molar-refractivity contribution in [2.24, 2.45) is 0 Å². The van der Waals surface area contributed by atoms with Crippen LogP contribution in [-0.4, -0.2) is 9.13 Å². The molecule has 0 spiro atoms. The van der Waals surface area contributed by atoms with Gasteiger partial charge < -0.3 is 18.9 Å². The molecule has 0 radical (unpaired) electrons. The summed E-state index contributed by atoms with van der Waals surface area (Å²) in [6.07, 6.45) is 0. The third-order valence-corrected chi connectivity index (χ3v) is 26.1. The zero-order chi connectivity index (χ0) is 83.0. The van der Waals surface area contributed by atoms with Crippen LogP contribution in [0.2, 0.25) is 0 Å². The molecule has 0 bridgehead atoms. The van der Waals surface area contributed by atoms with Crippen LogP contribution in [0.5, 0.6) is 0 Å². The van der Waals surface area contributed by atoms with Crippen molar-refractivity contribution in [2.75, 3.05) is 9.80 Å². The number of para-hydroxylation sites is 2. The number of aromatic nitrogens is 2. The van der Waals surface area contributed by atoms with Gasteiger partial charge in [-0.05, 0) is 256 Å². The van der Waals surface area contributed by atoms with Crippen LogP contribution in [-0.2, 0) is 10.8 Å². The van der Waals surface area contributed by atoms with Crippen molar-refractivity contribution >= 4 is 77.7 Å². The van der Waals surface area contributed by atoms with E-state index in [4.69, 9.17) is 0 Å². The van der Waals surface area contributed by atoms with Gasteiger partial charge in [0.05, 0.1) is 22.1 Å². The second-order valence-electron chi connectivity index (χ2n) is 34.0. The van der Waals surface area contributed by atoms with Crippen molar-refractivity contribution in [2.45, 2.75) is 38.5 Å². The molecule has 0 unspecified atom stereocenters. The lowest BCUT2D eigenvalue weighted by atomic mass is 9.82. The molecule has 2 heterocycles. The first-order chi connectivity index (χ1) is 61.0. The number of rotatable bonds is 15. The van der Waals surface area contributed by atoms with Gasteiger partial charge in [0, 0.05) is 77.9 Å². The zero-order valence-electron chi connectivity index (χ0n) is 69.7. The van der Waals surface area contributed by atoms with Gasteiger partial charge in [-0.3, -0.25) is 0 Å². The first kappa shape index (κ1) is 74.7. The van der Waals surface area contributed by atoms with Crippen molar-refractivity contribution in [3.05, 3.63) is 483 Å². The van der Waals surface area contributed by atoms with E-state index in [0.717, 1.165) is 45.5 Å². The Morgan fingerprint density at radius 1 is 0.161 bits per heavy atom. The van der Waals surface area contributed by atoms with Crippen molar-refractivity contribution in [3.8, 4) is 112 Å². The minimum absolute atomic E-state index is 0.0952. The maximum absolute atomic E-state index is 2.41. The van der Waals surface area contributed by atoms with Gasteiger partial charge in [0.25, 0.3) is 0 Å². The van der Waals surface area contributed by atoms with E-state index in [0.29, 0.717) is 0 Å². The van der Waals surface area contributed by atoms with Gasteiger partial charge >= 0.3 is 0 Å². The highest BCUT2D eigenvalue weighted by Gasteiger charge is 2.38. The van der Waals surface area contributed by atoms with Crippen LogP contribution in [0.1, 0.15) is 49.9 Å². The Hall–Kier alpha value is -15.6. The molecule has 0 amide bonds. The van der Waals surface area contributed by atoms with Crippen molar-refractivity contribution in [1.29, 1.82) is 0 Å². The second-order valence-corrected chi connectivity index (χ2v) is 34.0. The van der Waals surface area contributed by atoms with Crippen LogP contribution in [0.15, 0.2) is 461 Å². The summed E-state index contributed by atoms with van der Waals surface area (Å²) >= 11 is 0. The maximum Gasteiger partial charge on any atom is 0.0541 e. The number of benzene rings is 19. The Bertz CT molecular complexity index is 7560. The highest BCUT2D eigenvalue weighted by atomic mass is 15.1. The second kappa shape index (κ2) is 30.9. The molecule has 0 N–H and O–H groups in total. The molecule has 0 atom stereocenters. The fourth-order valence-electron chi connectivity index (χ4n) is 19.6. The monoisotopic (exact) mass is 1580 g/mol. The summed E-state index contributed by atoms with van der Waals surface area (Å²) in [7, 11) is 0. The minimum atomic E-state index is -0.0959. The molecule has 4 heteroatoms. The molecule has 0 saturated heterocycles. The van der Waals surface area contributed by atoms with Gasteiger partial charge in [-0.25, -0.2) is 0 Å². The van der Waals surface area contributed by atoms with E-state index in [1.807, 2.05) is 0 Å². The predicted octanol–water partition coefficient (Wildman–Crippen LogP) is 32.8. The highest BCUT2D eigenvalue weighted by Crippen LogP contribution is 2.54. The topological polar surface area (TPSA) is 16.3 Å². The Morgan fingerprint density at radius 2 is 0.387 bits per heavy atom. The zero-order valence-corrected chi connectivity index (χ0v) is 69.7. The third kappa shape index (κ3) is 13.3. The summed E-state index contributed by atoms with van der Waals surface area (Å²) in [6.45, 7) is 9.41. The summed E-state index contributed by atoms with van der Waals surface area (Å²) in [5.74, 6) is 0. The highest BCUT2D eigenvalue weighted by molar-refractivity contribution is 6.12. The SMILES string of the molecule is CC1(C)c2ccccc2-c2ccc(N(c3ccc(-c4ccccc4)cc3)c3ccc(-c4ccc(-c5ccc6c(c5)c5ccccc5n6-c5ccc(-c6ccccc6)cc5)cc4)cc3)cc21.CC1(C)c2ccccc2-c2ccc(N(c3ccc(-c4ccccc4)cc3)c3ccc(-c4ccc5c(c4)c4ccccc4n5-c4ccc(-c5ccccc5)cc4)cc3)cc21. The fourth-order valence-corrected chi connectivity index (χ4v) is 19.6. The molecule has 2 aliphatic carbocycles. The minimum Gasteiger partial charge on any atom is -0.310 e. The summed E-state index contributed by atoms with van der Waals surface area (Å²) in [6, 6.07) is 168. The molecule has 2 aliphatic rings. The van der Waals surface area contributed by atoms with E-state index in [1.54, 1.807) is 0 Å². The lowest BCUT2D eigenvalue weighted by Crippen LogP contribution is -2.16. The van der Waals surface area contributed by atoms with Crippen LogP contribution in [0, 0.1) is 0 Å². The van der Waals surface area contributed by atoms with Crippen LogP contribution < -0.4 is 9.80 Å². The number of hydrogen-bond acceptors (Lipinski definition) is 2. The largest absolute Gasteiger partial charge is 0.310 e. The lowest BCUT2D eigenvalue weighted by molar-refractivity contribution is 0.660. The Balaban J connectivity index is 0.000000148. The van der Waals surface area contributed by atoms with Crippen LogP contribution in [0.3, 0.4) is 0 Å². The molecule has 23 rings (SSSR count). The van der Waals surface area contributed by atoms with Crippen molar-refractivity contribution in [3.63, 3.8) is 0 Å². The first-order valence-corrected chi connectivity index (χ1v) is 43.1. The Morgan fingerprint density at radius 3 is 0.710 bits per heavy atom. The average Bonchev–Trinajstić information content (AvgIpc) is 1.61. The molecule has 124 heavy (non-hydrogen) atoms. The average molecular weight is 1590 g/mol. The molecule has 0 saturated carbocycles. The van der Waals surface area contributed by atoms with Crippen LogP contribution >= 0.6 is 0 Å². The first-order valence-electron chi connectivity index (χ1n) is 43.1. The number of nitrogens with zero attached hydrogens (tertiary/aromatic N) is 4. The van der Waals surface area contributed by atoms with Gasteiger partial charge in [0.1, 0.15) is 0 Å². The molecule has 19 aromatic carbocycles. The standard InChI is InChI=1S/C63H46N2.C57H42N2/c1-63(2)59-19-11-9-17-55(59)56-39-38-54(42-60(56)63)64(51-32-25-46(26-33-51)43-13-5-3-6-14-43)52-34-27-48(28-35-52)45-21-23-49(24-22-45)50-31-40-62-58(41-50)57-18-10-12-20-61(57)65(62)53-36-29-47(30-37-53)44-15-7-4-8-16-44;1-57(2)53-19-11-9-17-49(53)50-35-34-48(38-54(50)57)58(45-28-21-41(22-29-45)39-13-5-3-6-14-39)46-30-25-43(26-31-46)44-27-36-56-52(37-44)51-18-10-12-20-55(51)59(56)47-32-23-42(24-33-47)40-15-7-4-8-16-40/h3-42H,1-2H3;3-38H,1-2H3. The van der Waals surface area contributed by atoms with E-state index >= 15 is 0 Å². The number of anilines is 6. The summed E-state index contributed by atoms with van der Waals surface area (Å²) < 4.78 is 4.78. The van der Waals surface area contributed by atoms with Gasteiger partial charge in [-0.15, -0.1) is 0 Å². The molecule has 0 aliphatic heterocycles.